The fraction of sp³-hybridized carbons (Fsp3) is 0.778. The van der Waals surface area contributed by atoms with Gasteiger partial charge in [0.25, 0.3) is 0 Å². The first-order valence-corrected chi connectivity index (χ1v) is 12.6. The molecule has 5 atom stereocenters. The molecule has 1 aromatic rings. The average molecular weight is 401 g/mol. The first-order chi connectivity index (χ1) is 14.2. The van der Waals surface area contributed by atoms with Crippen LogP contribution in [0.4, 0.5) is 4.39 Å². The van der Waals surface area contributed by atoms with Crippen molar-refractivity contribution in [2.45, 2.75) is 109 Å². The zero-order valence-electron chi connectivity index (χ0n) is 18.7. The summed E-state index contributed by atoms with van der Waals surface area (Å²) in [4.78, 5) is 0. The minimum atomic E-state index is 0.0874. The lowest BCUT2D eigenvalue weighted by atomic mass is 9.65. The largest absolute Gasteiger partial charge is 0.378 e. The third-order valence-corrected chi connectivity index (χ3v) is 8.27. The highest BCUT2D eigenvalue weighted by Gasteiger charge is 2.37. The molecule has 2 saturated carbocycles. The summed E-state index contributed by atoms with van der Waals surface area (Å²) in [5, 5.41) is 0. The molecule has 3 aliphatic carbocycles. The van der Waals surface area contributed by atoms with Crippen LogP contribution in [0.5, 0.6) is 0 Å². The van der Waals surface area contributed by atoms with Crippen LogP contribution in [0.25, 0.3) is 0 Å². The number of rotatable bonds is 7. The molecule has 3 aliphatic rings. The molecule has 162 valence electrons. The second-order valence-electron chi connectivity index (χ2n) is 10.2. The number of halogens is 1. The topological polar surface area (TPSA) is 9.23 Å². The first-order valence-electron chi connectivity index (χ1n) is 12.6. The van der Waals surface area contributed by atoms with Crippen LogP contribution in [0.15, 0.2) is 12.1 Å². The van der Waals surface area contributed by atoms with Crippen molar-refractivity contribution in [2.75, 3.05) is 6.61 Å². The van der Waals surface area contributed by atoms with Gasteiger partial charge in [-0.25, -0.2) is 4.39 Å². The molecule has 0 spiro atoms. The predicted octanol–water partition coefficient (Wildman–Crippen LogP) is 7.60. The molecule has 1 aromatic carbocycles. The van der Waals surface area contributed by atoms with Gasteiger partial charge >= 0.3 is 0 Å². The summed E-state index contributed by atoms with van der Waals surface area (Å²) < 4.78 is 21.1. The van der Waals surface area contributed by atoms with E-state index in [0.717, 1.165) is 49.2 Å². The van der Waals surface area contributed by atoms with Crippen LogP contribution < -0.4 is 0 Å². The Labute approximate surface area is 177 Å². The van der Waals surface area contributed by atoms with Crippen molar-refractivity contribution in [3.05, 3.63) is 34.6 Å². The fourth-order valence-electron chi connectivity index (χ4n) is 6.63. The van der Waals surface area contributed by atoms with E-state index >= 15 is 4.39 Å². The van der Waals surface area contributed by atoms with Crippen LogP contribution >= 0.6 is 0 Å². The second-order valence-corrected chi connectivity index (χ2v) is 10.2. The summed E-state index contributed by atoms with van der Waals surface area (Å²) in [6, 6.07) is 4.21. The molecule has 0 aromatic heterocycles. The summed E-state index contributed by atoms with van der Waals surface area (Å²) in [5.74, 6) is 2.89. The number of benzene rings is 1. The molecule has 0 N–H and O–H groups in total. The summed E-state index contributed by atoms with van der Waals surface area (Å²) in [6.07, 6.45) is 16.7. The lowest BCUT2D eigenvalue weighted by Crippen LogP contribution is -2.34. The van der Waals surface area contributed by atoms with Crippen molar-refractivity contribution in [3.8, 4) is 0 Å². The van der Waals surface area contributed by atoms with Gasteiger partial charge in [-0.15, -0.1) is 0 Å². The van der Waals surface area contributed by atoms with Gasteiger partial charge in [0.2, 0.25) is 0 Å². The molecule has 0 radical (unpaired) electrons. The number of hydrogen-bond acceptors (Lipinski definition) is 1. The number of unbranched alkanes of at least 4 members (excludes halogenated alkanes) is 2. The van der Waals surface area contributed by atoms with Crippen molar-refractivity contribution < 1.29 is 9.13 Å². The van der Waals surface area contributed by atoms with E-state index in [2.05, 4.69) is 19.9 Å². The van der Waals surface area contributed by atoms with Gasteiger partial charge in [0.05, 0.1) is 6.10 Å². The van der Waals surface area contributed by atoms with E-state index in [-0.39, 0.29) is 5.82 Å². The van der Waals surface area contributed by atoms with E-state index < -0.39 is 0 Å². The normalized spacial score (nSPS) is 31.9. The minimum absolute atomic E-state index is 0.0874. The highest BCUT2D eigenvalue weighted by atomic mass is 19.1. The van der Waals surface area contributed by atoms with Crippen LogP contribution in [0.2, 0.25) is 0 Å². The Balaban J connectivity index is 1.39. The maximum atomic E-state index is 15.2. The Morgan fingerprint density at radius 2 is 1.76 bits per heavy atom. The van der Waals surface area contributed by atoms with Gasteiger partial charge in [-0.3, -0.25) is 0 Å². The Morgan fingerprint density at radius 1 is 0.931 bits per heavy atom. The van der Waals surface area contributed by atoms with Crippen LogP contribution in [0.3, 0.4) is 0 Å². The third kappa shape index (κ3) is 5.06. The van der Waals surface area contributed by atoms with Gasteiger partial charge in [0.15, 0.2) is 0 Å². The Morgan fingerprint density at radius 3 is 2.59 bits per heavy atom. The maximum Gasteiger partial charge on any atom is 0.126 e. The third-order valence-electron chi connectivity index (χ3n) is 8.27. The zero-order valence-corrected chi connectivity index (χ0v) is 18.7. The molecular formula is C27H41FO. The van der Waals surface area contributed by atoms with Crippen molar-refractivity contribution in [3.63, 3.8) is 0 Å². The molecule has 2 heteroatoms. The van der Waals surface area contributed by atoms with Crippen LogP contribution in [-0.2, 0) is 17.6 Å². The molecule has 29 heavy (non-hydrogen) atoms. The number of aryl methyl sites for hydroxylation is 1. The number of fused-ring (bicyclic) bond motifs is 2. The van der Waals surface area contributed by atoms with E-state index in [0.29, 0.717) is 12.0 Å². The smallest absolute Gasteiger partial charge is 0.126 e. The quantitative estimate of drug-likeness (QED) is 0.428. The van der Waals surface area contributed by atoms with Gasteiger partial charge in [0, 0.05) is 6.61 Å². The molecule has 2 fully saturated rings. The molecule has 4 rings (SSSR count). The Bertz CT molecular complexity index is 669. The first kappa shape index (κ1) is 21.3. The lowest BCUT2D eigenvalue weighted by molar-refractivity contribution is -0.00969. The van der Waals surface area contributed by atoms with Crippen molar-refractivity contribution >= 4 is 0 Å². The van der Waals surface area contributed by atoms with Gasteiger partial charge in [-0.05, 0) is 111 Å². The van der Waals surface area contributed by atoms with Gasteiger partial charge in [-0.1, -0.05) is 38.7 Å². The van der Waals surface area contributed by atoms with E-state index in [4.69, 9.17) is 4.74 Å². The van der Waals surface area contributed by atoms with Crippen LogP contribution in [0.1, 0.15) is 107 Å². The molecule has 1 nitrogen and oxygen atoms in total. The SMILES string of the molecule is CCCCCC1CCc2cc(C3CCC4CC(OCC)CCC4C3)c(F)cc2C1. The fourth-order valence-corrected chi connectivity index (χ4v) is 6.63. The van der Waals surface area contributed by atoms with E-state index in [1.807, 2.05) is 6.07 Å². The molecule has 5 unspecified atom stereocenters. The Hall–Kier alpha value is -0.890. The molecule has 0 heterocycles. The highest BCUT2D eigenvalue weighted by Crippen LogP contribution is 2.47. The summed E-state index contributed by atoms with van der Waals surface area (Å²) in [6.45, 7) is 5.21. The van der Waals surface area contributed by atoms with Gasteiger partial charge < -0.3 is 4.74 Å². The Kier molecular flexibility index (Phi) is 7.32. The van der Waals surface area contributed by atoms with E-state index in [9.17, 15) is 0 Å². The molecule has 0 saturated heterocycles. The molecule has 0 amide bonds. The molecular weight excluding hydrogens is 359 g/mol. The van der Waals surface area contributed by atoms with Gasteiger partial charge in [-0.2, -0.15) is 0 Å². The lowest BCUT2D eigenvalue weighted by Gasteiger charge is -2.42. The standard InChI is InChI=1S/C27H41FO/c1-3-5-6-7-19-8-9-22-17-26(27(28)18-24(22)14-19)23-11-10-21-16-25(29-4-2)13-12-20(21)15-23/h17-21,23,25H,3-16H2,1-2H3. The summed E-state index contributed by atoms with van der Waals surface area (Å²) in [7, 11) is 0. The maximum absolute atomic E-state index is 15.2. The second kappa shape index (κ2) is 9.94. The van der Waals surface area contributed by atoms with Crippen LogP contribution in [0, 0.1) is 23.6 Å². The number of hydrogen-bond donors (Lipinski definition) is 0. The zero-order chi connectivity index (χ0) is 20.2. The molecule has 0 bridgehead atoms. The monoisotopic (exact) mass is 400 g/mol. The average Bonchev–Trinajstić information content (AvgIpc) is 2.73. The predicted molar refractivity (Wildman–Crippen MR) is 119 cm³/mol. The van der Waals surface area contributed by atoms with Crippen molar-refractivity contribution in [1.29, 1.82) is 0 Å². The van der Waals surface area contributed by atoms with E-state index in [1.165, 1.54) is 75.3 Å². The summed E-state index contributed by atoms with van der Waals surface area (Å²) >= 11 is 0. The van der Waals surface area contributed by atoms with Gasteiger partial charge in [0.1, 0.15) is 5.82 Å². The van der Waals surface area contributed by atoms with E-state index in [1.54, 1.807) is 0 Å². The highest BCUT2D eigenvalue weighted by molar-refractivity contribution is 5.37. The van der Waals surface area contributed by atoms with Crippen molar-refractivity contribution in [1.82, 2.24) is 0 Å². The summed E-state index contributed by atoms with van der Waals surface area (Å²) in [5.41, 5.74) is 3.80. The minimum Gasteiger partial charge on any atom is -0.378 e. The molecule has 0 aliphatic heterocycles. The van der Waals surface area contributed by atoms with Crippen LogP contribution in [-0.4, -0.2) is 12.7 Å². The van der Waals surface area contributed by atoms with Crippen molar-refractivity contribution in [2.24, 2.45) is 17.8 Å². The number of ether oxygens (including phenoxy) is 1.